The third kappa shape index (κ3) is 7.75. The molecular weight excluding hydrogens is 572 g/mol. The standard InChI is InChI=1S/C27H32N4O8S2/c1-17(32)30-20-3-5-22(24(15-20)31-18(2)33)26(19-7-9-27(10-8-19,11-13-28)12-14-29)23-6-4-21(40(34,35)36)16-25(23)41(37,38)39/h3-10,15-16H,11-14,28-29H2,1-2H3,(H,30,32)(H,31,33)(H,34,35,36)(H,37,38,39). The van der Waals surface area contributed by atoms with Crippen molar-refractivity contribution in [3.63, 3.8) is 0 Å². The SMILES string of the molecule is CC(=O)Nc1ccc(C(=C2C=CC(CCN)(CCN)C=C2)c2ccc(S(=O)(=O)O)cc2S(=O)(=O)O)c(NC(C)=O)c1. The maximum Gasteiger partial charge on any atom is 0.295 e. The van der Waals surface area contributed by atoms with Crippen LogP contribution in [0.1, 0.15) is 37.8 Å². The lowest BCUT2D eigenvalue weighted by Crippen LogP contribution is -2.25. The topological polar surface area (TPSA) is 219 Å². The molecule has 220 valence electrons. The fraction of sp³-hybridized carbons (Fsp3) is 0.259. The second kappa shape index (κ2) is 12.5. The summed E-state index contributed by atoms with van der Waals surface area (Å²) in [6, 6.07) is 7.32. The van der Waals surface area contributed by atoms with Crippen molar-refractivity contribution >= 4 is 49.0 Å². The van der Waals surface area contributed by atoms with E-state index in [0.29, 0.717) is 43.3 Å². The van der Waals surface area contributed by atoms with Crippen LogP contribution in [0.25, 0.3) is 5.57 Å². The van der Waals surface area contributed by atoms with Crippen LogP contribution in [0.2, 0.25) is 0 Å². The third-order valence-corrected chi connectivity index (χ3v) is 8.16. The molecule has 1 aliphatic carbocycles. The Kier molecular flexibility index (Phi) is 9.69. The Morgan fingerprint density at radius 2 is 1.37 bits per heavy atom. The number of amides is 2. The van der Waals surface area contributed by atoms with E-state index < -0.39 is 41.3 Å². The Morgan fingerprint density at radius 1 is 0.805 bits per heavy atom. The molecule has 12 nitrogen and oxygen atoms in total. The zero-order chi connectivity index (χ0) is 30.6. The molecule has 0 spiro atoms. The highest BCUT2D eigenvalue weighted by Crippen LogP contribution is 2.41. The summed E-state index contributed by atoms with van der Waals surface area (Å²) < 4.78 is 68.3. The van der Waals surface area contributed by atoms with Crippen LogP contribution in [-0.4, -0.2) is 50.8 Å². The molecule has 1 aliphatic rings. The first kappa shape index (κ1) is 31.9. The molecule has 2 aromatic carbocycles. The number of rotatable bonds is 10. The van der Waals surface area contributed by atoms with Crippen LogP contribution in [0.5, 0.6) is 0 Å². The molecule has 3 rings (SSSR count). The molecule has 0 unspecified atom stereocenters. The summed E-state index contributed by atoms with van der Waals surface area (Å²) in [6.07, 6.45) is 8.38. The predicted octanol–water partition coefficient (Wildman–Crippen LogP) is 2.71. The van der Waals surface area contributed by atoms with Crippen LogP contribution in [-0.2, 0) is 29.8 Å². The number of nitrogens with one attached hydrogen (secondary N) is 2. The van der Waals surface area contributed by atoms with Gasteiger partial charge in [0, 0.05) is 36.1 Å². The van der Waals surface area contributed by atoms with E-state index in [4.69, 9.17) is 11.5 Å². The fourth-order valence-corrected chi connectivity index (χ4v) is 5.97. The van der Waals surface area contributed by atoms with Crippen molar-refractivity contribution in [1.82, 2.24) is 0 Å². The Bertz CT molecular complexity index is 1650. The summed E-state index contributed by atoms with van der Waals surface area (Å²) in [7, 11) is -9.87. The van der Waals surface area contributed by atoms with Gasteiger partial charge in [0.05, 0.1) is 10.6 Å². The van der Waals surface area contributed by atoms with Gasteiger partial charge in [-0.15, -0.1) is 0 Å². The van der Waals surface area contributed by atoms with E-state index in [0.717, 1.165) is 12.1 Å². The van der Waals surface area contributed by atoms with Gasteiger partial charge in [-0.2, -0.15) is 16.8 Å². The maximum absolute atomic E-state index is 12.5. The van der Waals surface area contributed by atoms with Gasteiger partial charge >= 0.3 is 0 Å². The minimum absolute atomic E-state index is 0.117. The van der Waals surface area contributed by atoms with Gasteiger partial charge in [-0.3, -0.25) is 18.7 Å². The van der Waals surface area contributed by atoms with Crippen LogP contribution in [0, 0.1) is 5.41 Å². The number of hydrogen-bond donors (Lipinski definition) is 6. The van der Waals surface area contributed by atoms with Crippen molar-refractivity contribution in [3.8, 4) is 0 Å². The van der Waals surface area contributed by atoms with Gasteiger partial charge in [-0.1, -0.05) is 36.4 Å². The van der Waals surface area contributed by atoms with E-state index in [1.165, 1.54) is 32.0 Å². The summed E-state index contributed by atoms with van der Waals surface area (Å²) in [5.41, 5.74) is 12.5. The van der Waals surface area contributed by atoms with Crippen molar-refractivity contribution in [2.24, 2.45) is 16.9 Å². The summed E-state index contributed by atoms with van der Waals surface area (Å²) in [5.74, 6) is -0.833. The Hall–Kier alpha value is -3.66. The molecule has 0 aliphatic heterocycles. The minimum atomic E-state index is -5.04. The van der Waals surface area contributed by atoms with Crippen LogP contribution >= 0.6 is 0 Å². The quantitative estimate of drug-likeness (QED) is 0.218. The van der Waals surface area contributed by atoms with Gasteiger partial charge in [0.1, 0.15) is 4.90 Å². The van der Waals surface area contributed by atoms with E-state index in [1.54, 1.807) is 12.2 Å². The van der Waals surface area contributed by atoms with Gasteiger partial charge in [-0.25, -0.2) is 0 Å². The average Bonchev–Trinajstić information content (AvgIpc) is 2.85. The molecule has 8 N–H and O–H groups in total. The Morgan fingerprint density at radius 3 is 1.85 bits per heavy atom. The van der Waals surface area contributed by atoms with Gasteiger partial charge in [0.25, 0.3) is 20.2 Å². The molecular formula is C27H32N4O8S2. The number of allylic oxidation sites excluding steroid dienone is 5. The summed E-state index contributed by atoms with van der Waals surface area (Å²) in [6.45, 7) is 3.32. The lowest BCUT2D eigenvalue weighted by molar-refractivity contribution is -0.115. The van der Waals surface area contributed by atoms with E-state index >= 15 is 0 Å². The first-order chi connectivity index (χ1) is 19.1. The molecule has 0 radical (unpaired) electrons. The minimum Gasteiger partial charge on any atom is -0.330 e. The van der Waals surface area contributed by atoms with Crippen LogP contribution in [0.3, 0.4) is 0 Å². The molecule has 2 aromatic rings. The van der Waals surface area contributed by atoms with Crippen molar-refractivity contribution in [3.05, 3.63) is 77.4 Å². The highest BCUT2D eigenvalue weighted by atomic mass is 32.2. The number of benzene rings is 2. The van der Waals surface area contributed by atoms with Gasteiger partial charge in [0.15, 0.2) is 0 Å². The number of carbonyl (C=O) groups excluding carboxylic acids is 2. The molecule has 0 saturated heterocycles. The number of carbonyl (C=O) groups is 2. The van der Waals surface area contributed by atoms with E-state index in [-0.39, 0.29) is 28.3 Å². The van der Waals surface area contributed by atoms with Gasteiger partial charge in [-0.05, 0) is 61.3 Å². The van der Waals surface area contributed by atoms with Crippen LogP contribution in [0.15, 0.2) is 76.1 Å². The largest absolute Gasteiger partial charge is 0.330 e. The average molecular weight is 605 g/mol. The Balaban J connectivity index is 2.45. The number of hydrogen-bond acceptors (Lipinski definition) is 8. The van der Waals surface area contributed by atoms with Gasteiger partial charge in [0.2, 0.25) is 11.8 Å². The number of nitrogens with two attached hydrogens (primary N) is 2. The smallest absolute Gasteiger partial charge is 0.295 e. The highest BCUT2D eigenvalue weighted by molar-refractivity contribution is 7.86. The predicted molar refractivity (Wildman–Crippen MR) is 155 cm³/mol. The third-order valence-electron chi connectivity index (χ3n) is 6.42. The van der Waals surface area contributed by atoms with Gasteiger partial charge < -0.3 is 22.1 Å². The molecule has 0 heterocycles. The zero-order valence-corrected chi connectivity index (χ0v) is 24.1. The summed E-state index contributed by atoms with van der Waals surface area (Å²) in [5, 5.41) is 5.29. The second-order valence-corrected chi connectivity index (χ2v) is 12.3. The Labute approximate surface area is 238 Å². The zero-order valence-electron chi connectivity index (χ0n) is 22.4. The maximum atomic E-state index is 12.5. The lowest BCUT2D eigenvalue weighted by Gasteiger charge is -2.30. The molecule has 0 atom stereocenters. The normalized spacial score (nSPS) is 14.5. The number of anilines is 2. The molecule has 0 bridgehead atoms. The van der Waals surface area contributed by atoms with Crippen LogP contribution < -0.4 is 22.1 Å². The lowest BCUT2D eigenvalue weighted by atomic mass is 9.76. The highest BCUT2D eigenvalue weighted by Gasteiger charge is 2.29. The molecule has 0 fully saturated rings. The first-order valence-corrected chi connectivity index (χ1v) is 15.3. The summed E-state index contributed by atoms with van der Waals surface area (Å²) >= 11 is 0. The van der Waals surface area contributed by atoms with Crippen molar-refractivity contribution < 1.29 is 35.5 Å². The second-order valence-electron chi connectivity index (χ2n) is 9.54. The fourth-order valence-electron chi connectivity index (χ4n) is 4.66. The molecule has 41 heavy (non-hydrogen) atoms. The van der Waals surface area contributed by atoms with E-state index in [1.807, 2.05) is 12.2 Å². The monoisotopic (exact) mass is 604 g/mol. The van der Waals surface area contributed by atoms with Crippen molar-refractivity contribution in [1.29, 1.82) is 0 Å². The molecule has 0 aromatic heterocycles. The first-order valence-electron chi connectivity index (χ1n) is 12.4. The van der Waals surface area contributed by atoms with Crippen molar-refractivity contribution in [2.45, 2.75) is 36.5 Å². The molecule has 2 amide bonds. The van der Waals surface area contributed by atoms with Crippen LogP contribution in [0.4, 0.5) is 11.4 Å². The van der Waals surface area contributed by atoms with E-state index in [2.05, 4.69) is 10.6 Å². The van der Waals surface area contributed by atoms with Crippen molar-refractivity contribution in [2.75, 3.05) is 23.7 Å². The van der Waals surface area contributed by atoms with E-state index in [9.17, 15) is 35.5 Å². The summed E-state index contributed by atoms with van der Waals surface area (Å²) in [4.78, 5) is 22.3. The molecule has 0 saturated carbocycles. The molecule has 14 heteroatoms.